The van der Waals surface area contributed by atoms with Gasteiger partial charge in [-0.25, -0.2) is 0 Å². The maximum Gasteiger partial charge on any atom is 0.244 e. The quantitative estimate of drug-likeness (QED) is 0.174. The van der Waals surface area contributed by atoms with Crippen molar-refractivity contribution in [2.75, 3.05) is 0 Å². The van der Waals surface area contributed by atoms with E-state index in [1.165, 1.54) is 66.8 Å². The number of benzene rings is 6. The molecule has 0 radical (unpaired) electrons. The second-order valence-corrected chi connectivity index (χ2v) is 20.0. The molecule has 2 atom stereocenters. The van der Waals surface area contributed by atoms with Gasteiger partial charge in [0.05, 0.1) is 22.4 Å². The maximum atomic E-state index is 16.0. The standard InChI is InChI=1S/C56H32N2O2S2/c59-55-51(43-19-9-21-61-43)49-39-23-35-37(47-31-15-5-1-11-27(31)45(35)28-12-2-6-16-32(28)47)25-41(39)57-53(49)54-50(52(56(57)60)44-20-10-22-62-44)40-24-36-38(26-42(40)58(54)55)48-33-17-7-3-13-29(33)46(36)30-14-4-8-18-34(30)48/h1-26,45-48,51-52H. The zero-order valence-electron chi connectivity index (χ0n) is 33.0. The van der Waals surface area contributed by atoms with Gasteiger partial charge in [-0.05, 0) is 114 Å². The third-order valence-electron chi connectivity index (χ3n) is 15.5. The summed E-state index contributed by atoms with van der Waals surface area (Å²) in [6.07, 6.45) is 0. The summed E-state index contributed by atoms with van der Waals surface area (Å²) in [5.41, 5.74) is 21.4. The van der Waals surface area contributed by atoms with Crippen LogP contribution in [0.3, 0.4) is 0 Å². The first-order chi connectivity index (χ1) is 30.7. The van der Waals surface area contributed by atoms with E-state index in [1.807, 2.05) is 0 Å². The van der Waals surface area contributed by atoms with Crippen LogP contribution < -0.4 is 0 Å². The highest BCUT2D eigenvalue weighted by Gasteiger charge is 2.51. The van der Waals surface area contributed by atoms with Gasteiger partial charge in [0, 0.05) is 55.3 Å². The van der Waals surface area contributed by atoms with Crippen LogP contribution in [0, 0.1) is 0 Å². The lowest BCUT2D eigenvalue weighted by atomic mass is 9.61. The molecule has 0 amide bonds. The molecule has 2 unspecified atom stereocenters. The van der Waals surface area contributed by atoms with Crippen LogP contribution in [-0.2, 0) is 0 Å². The molecule has 6 heterocycles. The molecule has 62 heavy (non-hydrogen) atoms. The fraction of sp³-hybridized carbons (Fsp3) is 0.107. The Morgan fingerprint density at radius 3 is 0.935 bits per heavy atom. The van der Waals surface area contributed by atoms with E-state index in [9.17, 15) is 0 Å². The van der Waals surface area contributed by atoms with E-state index < -0.39 is 11.8 Å². The Kier molecular flexibility index (Phi) is 5.90. The minimum Gasteiger partial charge on any atom is -0.277 e. The highest BCUT2D eigenvalue weighted by atomic mass is 32.1. The Morgan fingerprint density at radius 1 is 0.339 bits per heavy atom. The van der Waals surface area contributed by atoms with Gasteiger partial charge in [-0.2, -0.15) is 0 Å². The summed E-state index contributed by atoms with van der Waals surface area (Å²) >= 11 is 3.26. The molecule has 4 bridgehead atoms. The van der Waals surface area contributed by atoms with Gasteiger partial charge in [0.25, 0.3) is 0 Å². The van der Waals surface area contributed by atoms with Gasteiger partial charge in [0.2, 0.25) is 11.8 Å². The smallest absolute Gasteiger partial charge is 0.244 e. The van der Waals surface area contributed by atoms with Crippen LogP contribution in [0.15, 0.2) is 156 Å². The molecule has 6 heteroatoms. The molecule has 4 nitrogen and oxygen atoms in total. The predicted octanol–water partition coefficient (Wildman–Crippen LogP) is 12.9. The van der Waals surface area contributed by atoms with Crippen molar-refractivity contribution in [2.45, 2.75) is 35.5 Å². The average Bonchev–Trinajstić information content (AvgIpc) is 4.15. The van der Waals surface area contributed by atoms with Crippen LogP contribution in [0.4, 0.5) is 0 Å². The number of rotatable bonds is 2. The molecule has 0 fully saturated rings. The van der Waals surface area contributed by atoms with E-state index in [1.54, 1.807) is 22.7 Å². The van der Waals surface area contributed by atoms with Crippen LogP contribution >= 0.6 is 22.7 Å². The van der Waals surface area contributed by atoms with Crippen molar-refractivity contribution in [3.05, 3.63) is 244 Å². The lowest BCUT2D eigenvalue weighted by Gasteiger charge is -2.42. The third-order valence-corrected chi connectivity index (χ3v) is 17.4. The van der Waals surface area contributed by atoms with Crippen LogP contribution in [0.5, 0.6) is 0 Å². The zero-order chi connectivity index (χ0) is 40.3. The molecule has 18 rings (SSSR count). The fourth-order valence-corrected chi connectivity index (χ4v) is 15.0. The van der Waals surface area contributed by atoms with Gasteiger partial charge in [-0.3, -0.25) is 18.7 Å². The van der Waals surface area contributed by atoms with E-state index in [0.717, 1.165) is 54.1 Å². The van der Waals surface area contributed by atoms with E-state index in [4.69, 9.17) is 0 Å². The summed E-state index contributed by atoms with van der Waals surface area (Å²) in [4.78, 5) is 34.0. The van der Waals surface area contributed by atoms with Crippen LogP contribution in [0.25, 0.3) is 33.2 Å². The molecule has 4 aromatic heterocycles. The number of thiophene rings is 2. The Morgan fingerprint density at radius 2 is 0.645 bits per heavy atom. The number of carbonyl (C=O) groups excluding carboxylic acids is 2. The molecule has 0 N–H and O–H groups in total. The Balaban J connectivity index is 1.05. The molecule has 0 saturated carbocycles. The molecular weight excluding hydrogens is 797 g/mol. The maximum absolute atomic E-state index is 16.0. The summed E-state index contributed by atoms with van der Waals surface area (Å²) in [6, 6.07) is 53.5. The normalized spacial score (nSPS) is 22.3. The molecule has 6 aliphatic carbocycles. The molecule has 290 valence electrons. The summed E-state index contributed by atoms with van der Waals surface area (Å²) in [6.45, 7) is 0. The van der Waals surface area contributed by atoms with Crippen molar-refractivity contribution < 1.29 is 9.59 Å². The van der Waals surface area contributed by atoms with Crippen molar-refractivity contribution in [1.82, 2.24) is 9.13 Å². The Bertz CT molecular complexity index is 3390. The van der Waals surface area contributed by atoms with Crippen molar-refractivity contribution >= 4 is 56.3 Å². The van der Waals surface area contributed by atoms with Crippen LogP contribution in [0.2, 0.25) is 0 Å². The van der Waals surface area contributed by atoms with Gasteiger partial charge >= 0.3 is 0 Å². The molecule has 0 saturated heterocycles. The average molecular weight is 829 g/mol. The highest BCUT2D eigenvalue weighted by Crippen LogP contribution is 2.62. The van der Waals surface area contributed by atoms with Crippen LogP contribution in [0.1, 0.15) is 133 Å². The summed E-state index contributed by atoms with van der Waals surface area (Å²) in [5, 5.41) is 6.19. The fourth-order valence-electron chi connectivity index (χ4n) is 13.4. The third kappa shape index (κ3) is 3.64. The van der Waals surface area contributed by atoms with Crippen molar-refractivity contribution in [3.63, 3.8) is 0 Å². The summed E-state index contributed by atoms with van der Waals surface area (Å²) in [5.74, 6) is -0.757. The van der Waals surface area contributed by atoms with E-state index in [2.05, 4.69) is 165 Å². The first-order valence-electron chi connectivity index (χ1n) is 21.6. The lowest BCUT2D eigenvalue weighted by molar-refractivity contribution is 0.0873. The molecule has 10 aromatic rings. The number of hydrogen-bond donors (Lipinski definition) is 0. The largest absolute Gasteiger partial charge is 0.277 e. The zero-order valence-corrected chi connectivity index (χ0v) is 34.6. The van der Waals surface area contributed by atoms with Gasteiger partial charge in [-0.1, -0.05) is 109 Å². The SMILES string of the molecule is O=C1C(c2cccs2)c2c3n(c4cc5c(cc24)C2c4ccccc4C5c4ccccc42)C(=O)C(c2cccs2)c2c-3n1c1cc3c(cc21)C1c2ccccc2C3c2ccccc21. The molecular formula is C56H32N2O2S2. The van der Waals surface area contributed by atoms with E-state index in [-0.39, 0.29) is 35.5 Å². The minimum absolute atomic E-state index is 0.0566. The van der Waals surface area contributed by atoms with Crippen molar-refractivity contribution in [1.29, 1.82) is 0 Å². The first kappa shape index (κ1) is 32.9. The molecule has 6 aromatic carbocycles. The Labute approximate surface area is 364 Å². The minimum atomic E-state index is -0.567. The van der Waals surface area contributed by atoms with Gasteiger partial charge in [0.1, 0.15) is 11.8 Å². The number of hydrogen-bond acceptors (Lipinski definition) is 4. The van der Waals surface area contributed by atoms with Gasteiger partial charge in [0.15, 0.2) is 0 Å². The lowest BCUT2D eigenvalue weighted by Crippen LogP contribution is -2.32. The molecule has 0 spiro atoms. The molecule has 8 aliphatic rings. The second-order valence-electron chi connectivity index (χ2n) is 18.0. The molecule has 2 aliphatic heterocycles. The Hall–Kier alpha value is -6.86. The monoisotopic (exact) mass is 828 g/mol. The number of aromatic nitrogens is 2. The van der Waals surface area contributed by atoms with Gasteiger partial charge < -0.3 is 0 Å². The van der Waals surface area contributed by atoms with E-state index in [0.29, 0.717) is 0 Å². The second kappa shape index (κ2) is 11.1. The van der Waals surface area contributed by atoms with Crippen LogP contribution in [-0.4, -0.2) is 20.9 Å². The van der Waals surface area contributed by atoms with Crippen molar-refractivity contribution in [2.24, 2.45) is 0 Å². The predicted molar refractivity (Wildman–Crippen MR) is 246 cm³/mol. The number of nitrogens with zero attached hydrogens (tertiary/aromatic N) is 2. The first-order valence-corrected chi connectivity index (χ1v) is 23.4. The number of fused-ring (bicyclic) bond motifs is 6. The van der Waals surface area contributed by atoms with Gasteiger partial charge in [-0.15, -0.1) is 22.7 Å². The topological polar surface area (TPSA) is 44.0 Å². The summed E-state index contributed by atoms with van der Waals surface area (Å²) in [7, 11) is 0. The van der Waals surface area contributed by atoms with E-state index >= 15 is 9.59 Å². The summed E-state index contributed by atoms with van der Waals surface area (Å²) < 4.78 is 4.10. The highest BCUT2D eigenvalue weighted by molar-refractivity contribution is 7.10. The van der Waals surface area contributed by atoms with Crippen molar-refractivity contribution in [3.8, 4) is 11.4 Å². The number of carbonyl (C=O) groups is 2.